The Kier molecular flexibility index (Phi) is 7.80. The molecule has 1 saturated carbocycles. The van der Waals surface area contributed by atoms with Gasteiger partial charge in [-0.25, -0.2) is 0 Å². The Morgan fingerprint density at radius 3 is 2.75 bits per heavy atom. The summed E-state index contributed by atoms with van der Waals surface area (Å²) in [5.74, 6) is 0.780. The first kappa shape index (κ1) is 20.7. The van der Waals surface area contributed by atoms with Gasteiger partial charge in [0.25, 0.3) is 5.91 Å². The van der Waals surface area contributed by atoms with Gasteiger partial charge in [0, 0.05) is 64.2 Å². The highest BCUT2D eigenvalue weighted by Gasteiger charge is 2.37. The van der Waals surface area contributed by atoms with E-state index in [0.29, 0.717) is 37.7 Å². The summed E-state index contributed by atoms with van der Waals surface area (Å²) in [6, 6.07) is 4.11. The van der Waals surface area contributed by atoms with E-state index in [4.69, 9.17) is 4.74 Å². The molecule has 2 aliphatic rings. The van der Waals surface area contributed by atoms with Crippen LogP contribution in [0.15, 0.2) is 24.5 Å². The number of carbonyl (C=O) groups excluding carboxylic acids is 2. The minimum atomic E-state index is -0.0844. The van der Waals surface area contributed by atoms with E-state index < -0.39 is 0 Å². The van der Waals surface area contributed by atoms with Crippen LogP contribution in [-0.4, -0.2) is 67.1 Å². The first-order chi connectivity index (χ1) is 13.7. The van der Waals surface area contributed by atoms with Gasteiger partial charge in [0.15, 0.2) is 0 Å². The fourth-order valence-corrected chi connectivity index (χ4v) is 3.89. The Bertz CT molecular complexity index is 636. The molecule has 28 heavy (non-hydrogen) atoms. The average molecular weight is 389 g/mol. The van der Waals surface area contributed by atoms with Crippen molar-refractivity contribution in [1.29, 1.82) is 0 Å². The Hall–Kier alpha value is -1.99. The Morgan fingerprint density at radius 1 is 1.21 bits per heavy atom. The second-order valence-electron chi connectivity index (χ2n) is 7.88. The highest BCUT2D eigenvalue weighted by molar-refractivity contribution is 5.93. The summed E-state index contributed by atoms with van der Waals surface area (Å²) in [5, 5.41) is 6.05. The van der Waals surface area contributed by atoms with Crippen molar-refractivity contribution < 1.29 is 14.3 Å². The number of hydrogen-bond donors (Lipinski definition) is 2. The molecule has 2 heterocycles. The predicted octanol–water partition coefficient (Wildman–Crippen LogP) is 1.60. The van der Waals surface area contributed by atoms with Gasteiger partial charge >= 0.3 is 0 Å². The molecule has 154 valence electrons. The number of hydrogen-bond acceptors (Lipinski definition) is 5. The van der Waals surface area contributed by atoms with Crippen molar-refractivity contribution in [3.63, 3.8) is 0 Å². The number of likely N-dealkylation sites (tertiary alicyclic amines) is 1. The number of aromatic nitrogens is 1. The van der Waals surface area contributed by atoms with Crippen molar-refractivity contribution >= 4 is 11.8 Å². The summed E-state index contributed by atoms with van der Waals surface area (Å²) in [4.78, 5) is 31.1. The second kappa shape index (κ2) is 10.5. The number of nitrogens with one attached hydrogen (secondary N) is 2. The van der Waals surface area contributed by atoms with Gasteiger partial charge in [-0.05, 0) is 50.2 Å². The van der Waals surface area contributed by atoms with Crippen molar-refractivity contribution in [2.24, 2.45) is 5.92 Å². The zero-order chi connectivity index (χ0) is 19.8. The van der Waals surface area contributed by atoms with Gasteiger partial charge in [0.05, 0.1) is 5.56 Å². The summed E-state index contributed by atoms with van der Waals surface area (Å²) < 4.78 is 5.02. The van der Waals surface area contributed by atoms with Crippen LogP contribution in [0.2, 0.25) is 0 Å². The zero-order valence-electron chi connectivity index (χ0n) is 16.7. The van der Waals surface area contributed by atoms with Gasteiger partial charge in [0.1, 0.15) is 0 Å². The van der Waals surface area contributed by atoms with Crippen LogP contribution in [0.1, 0.15) is 48.9 Å². The fraction of sp³-hybridized carbons (Fsp3) is 0.667. The number of nitrogens with zero attached hydrogens (tertiary/aromatic N) is 2. The van der Waals surface area contributed by atoms with Crippen molar-refractivity contribution in [1.82, 2.24) is 20.5 Å². The van der Waals surface area contributed by atoms with Gasteiger partial charge in [-0.2, -0.15) is 0 Å². The lowest BCUT2D eigenvalue weighted by Crippen LogP contribution is -2.45. The molecule has 7 nitrogen and oxygen atoms in total. The van der Waals surface area contributed by atoms with Crippen LogP contribution in [0.3, 0.4) is 0 Å². The minimum absolute atomic E-state index is 0.0844. The third kappa shape index (κ3) is 6.27. The summed E-state index contributed by atoms with van der Waals surface area (Å²) in [6.07, 6.45) is 9.20. The van der Waals surface area contributed by atoms with Crippen LogP contribution in [-0.2, 0) is 9.53 Å². The van der Waals surface area contributed by atoms with Gasteiger partial charge in [0.2, 0.25) is 5.91 Å². The predicted molar refractivity (Wildman–Crippen MR) is 107 cm³/mol. The first-order valence-electron chi connectivity index (χ1n) is 10.4. The van der Waals surface area contributed by atoms with E-state index >= 15 is 0 Å². The van der Waals surface area contributed by atoms with Crippen molar-refractivity contribution in [3.05, 3.63) is 30.1 Å². The molecule has 7 heteroatoms. The average Bonchev–Trinajstić information content (AvgIpc) is 3.46. The van der Waals surface area contributed by atoms with Crippen LogP contribution in [0, 0.1) is 5.92 Å². The lowest BCUT2D eigenvalue weighted by atomic mass is 10.1. The van der Waals surface area contributed by atoms with Gasteiger partial charge in [-0.15, -0.1) is 0 Å². The topological polar surface area (TPSA) is 83.6 Å². The molecular formula is C21H32N4O3. The summed E-state index contributed by atoms with van der Waals surface area (Å²) in [7, 11) is 1.67. The number of pyridine rings is 1. The monoisotopic (exact) mass is 388 g/mol. The number of amides is 2. The Labute approximate surface area is 167 Å². The molecule has 3 rings (SSSR count). The molecule has 1 aliphatic carbocycles. The Morgan fingerprint density at radius 2 is 2.04 bits per heavy atom. The summed E-state index contributed by atoms with van der Waals surface area (Å²) in [5.41, 5.74) is 0.584. The van der Waals surface area contributed by atoms with Crippen LogP contribution < -0.4 is 10.6 Å². The van der Waals surface area contributed by atoms with Gasteiger partial charge in [-0.1, -0.05) is 0 Å². The number of carbonyl (C=O) groups is 2. The first-order valence-corrected chi connectivity index (χ1v) is 10.4. The molecule has 2 amide bonds. The maximum absolute atomic E-state index is 12.3. The third-order valence-electron chi connectivity index (χ3n) is 5.63. The van der Waals surface area contributed by atoms with Crippen molar-refractivity contribution in [2.45, 2.75) is 50.6 Å². The molecular weight excluding hydrogens is 356 g/mol. The van der Waals surface area contributed by atoms with Crippen molar-refractivity contribution in [3.8, 4) is 0 Å². The molecule has 1 saturated heterocycles. The molecule has 0 radical (unpaired) electrons. The lowest BCUT2D eigenvalue weighted by Gasteiger charge is -2.30. The molecule has 0 bridgehead atoms. The summed E-state index contributed by atoms with van der Waals surface area (Å²) >= 11 is 0. The summed E-state index contributed by atoms with van der Waals surface area (Å²) in [6.45, 7) is 2.98. The smallest absolute Gasteiger partial charge is 0.252 e. The maximum Gasteiger partial charge on any atom is 0.252 e. The van der Waals surface area contributed by atoms with E-state index in [0.717, 1.165) is 31.7 Å². The molecule has 2 fully saturated rings. The SMILES string of the molecule is COCCCNC(=O)C[C@H]1CC[C@@H](CNC(=O)c2cccnc2)N1CC1CC1. The standard InChI is InChI=1S/C21H32N4O3/c1-28-11-3-10-23-20(26)12-18-7-8-19(25(18)15-16-5-6-16)14-24-21(27)17-4-2-9-22-13-17/h2,4,9,13,16,18-19H,3,5-8,10-12,14-15H2,1H3,(H,23,26)(H,24,27)/t18-,19+/m1/s1. The van der Waals surface area contributed by atoms with Gasteiger partial charge in [-0.3, -0.25) is 19.5 Å². The van der Waals surface area contributed by atoms with Crippen LogP contribution >= 0.6 is 0 Å². The molecule has 0 unspecified atom stereocenters. The molecule has 1 aromatic rings. The zero-order valence-corrected chi connectivity index (χ0v) is 16.7. The van der Waals surface area contributed by atoms with E-state index in [-0.39, 0.29) is 17.9 Å². The van der Waals surface area contributed by atoms with E-state index in [1.807, 2.05) is 0 Å². The van der Waals surface area contributed by atoms with Crippen molar-refractivity contribution in [2.75, 3.05) is 33.4 Å². The third-order valence-corrected chi connectivity index (χ3v) is 5.63. The quantitative estimate of drug-likeness (QED) is 0.563. The van der Waals surface area contributed by atoms with Gasteiger partial charge < -0.3 is 15.4 Å². The molecule has 1 aliphatic heterocycles. The Balaban J connectivity index is 1.49. The normalized spacial score (nSPS) is 22.2. The van der Waals surface area contributed by atoms with E-state index in [2.05, 4.69) is 20.5 Å². The fourth-order valence-electron chi connectivity index (χ4n) is 3.89. The largest absolute Gasteiger partial charge is 0.385 e. The minimum Gasteiger partial charge on any atom is -0.385 e. The van der Waals surface area contributed by atoms with Crippen LogP contribution in [0.25, 0.3) is 0 Å². The second-order valence-corrected chi connectivity index (χ2v) is 7.88. The van der Waals surface area contributed by atoms with Crippen LogP contribution in [0.4, 0.5) is 0 Å². The highest BCUT2D eigenvalue weighted by Crippen LogP contribution is 2.35. The number of methoxy groups -OCH3 is 1. The molecule has 2 atom stereocenters. The van der Waals surface area contributed by atoms with Crippen LogP contribution in [0.5, 0.6) is 0 Å². The lowest BCUT2D eigenvalue weighted by molar-refractivity contribution is -0.122. The van der Waals surface area contributed by atoms with E-state index in [9.17, 15) is 9.59 Å². The van der Waals surface area contributed by atoms with E-state index in [1.54, 1.807) is 31.6 Å². The maximum atomic E-state index is 12.3. The molecule has 0 aromatic carbocycles. The van der Waals surface area contributed by atoms with E-state index in [1.165, 1.54) is 12.8 Å². The highest BCUT2D eigenvalue weighted by atomic mass is 16.5. The molecule has 1 aromatic heterocycles. The number of rotatable bonds is 11. The molecule has 2 N–H and O–H groups in total. The number of ether oxygens (including phenoxy) is 1. The molecule has 0 spiro atoms.